The van der Waals surface area contributed by atoms with Gasteiger partial charge in [0.1, 0.15) is 5.75 Å². The molecule has 0 saturated carbocycles. The lowest BCUT2D eigenvalue weighted by molar-refractivity contribution is 0.310. The van der Waals surface area contributed by atoms with Crippen LogP contribution in [-0.4, -0.2) is 6.61 Å². The van der Waals surface area contributed by atoms with Crippen LogP contribution < -0.4 is 4.74 Å². The van der Waals surface area contributed by atoms with E-state index in [0.717, 1.165) is 18.6 Å². The Hall–Kier alpha value is -1.19. The first-order valence-corrected chi connectivity index (χ1v) is 3.92. The van der Waals surface area contributed by atoms with E-state index in [0.29, 0.717) is 6.61 Å². The molecule has 0 aliphatic heterocycles. The molecule has 0 bridgehead atoms. The van der Waals surface area contributed by atoms with Crippen LogP contribution in [0, 0.1) is 17.5 Å². The molecule has 0 aliphatic carbocycles. The maximum absolute atomic E-state index is 12.6. The lowest BCUT2D eigenvalue weighted by Crippen LogP contribution is -1.98. The fourth-order valence-electron chi connectivity index (χ4n) is 0.836. The molecule has 1 aromatic rings. The minimum atomic E-state index is -1.47. The van der Waals surface area contributed by atoms with Crippen LogP contribution in [0.3, 0.4) is 0 Å². The minimum Gasteiger partial charge on any atom is -0.493 e. The van der Waals surface area contributed by atoms with E-state index in [1.807, 2.05) is 6.92 Å². The van der Waals surface area contributed by atoms with Crippen LogP contribution in [-0.2, 0) is 0 Å². The van der Waals surface area contributed by atoms with Crippen LogP contribution in [0.4, 0.5) is 13.2 Å². The molecule has 0 saturated heterocycles. The van der Waals surface area contributed by atoms with E-state index in [4.69, 9.17) is 4.74 Å². The van der Waals surface area contributed by atoms with Gasteiger partial charge in [0.2, 0.25) is 0 Å². The van der Waals surface area contributed by atoms with Gasteiger partial charge in [0.25, 0.3) is 0 Å². The highest BCUT2D eigenvalue weighted by molar-refractivity contribution is 5.24. The molecule has 0 spiro atoms. The largest absolute Gasteiger partial charge is 0.493 e. The molecule has 0 radical (unpaired) electrons. The van der Waals surface area contributed by atoms with E-state index in [1.165, 1.54) is 0 Å². The fourth-order valence-corrected chi connectivity index (χ4v) is 0.836. The van der Waals surface area contributed by atoms with Crippen molar-refractivity contribution in [1.82, 2.24) is 0 Å². The van der Waals surface area contributed by atoms with Crippen molar-refractivity contribution in [2.24, 2.45) is 0 Å². The molecule has 0 unspecified atom stereocenters. The number of ether oxygens (including phenoxy) is 1. The van der Waals surface area contributed by atoms with E-state index in [-0.39, 0.29) is 5.75 Å². The summed E-state index contributed by atoms with van der Waals surface area (Å²) >= 11 is 0. The number of halogens is 3. The van der Waals surface area contributed by atoms with Crippen molar-refractivity contribution in [3.05, 3.63) is 29.6 Å². The quantitative estimate of drug-likeness (QED) is 0.666. The van der Waals surface area contributed by atoms with Crippen LogP contribution in [0.25, 0.3) is 0 Å². The summed E-state index contributed by atoms with van der Waals surface area (Å²) in [5.41, 5.74) is 0. The van der Waals surface area contributed by atoms with Crippen molar-refractivity contribution in [3.8, 4) is 5.75 Å². The summed E-state index contributed by atoms with van der Waals surface area (Å²) < 4.78 is 42.5. The Bertz CT molecular complexity index is 276. The number of hydrogen-bond donors (Lipinski definition) is 0. The van der Waals surface area contributed by atoms with Crippen molar-refractivity contribution in [3.63, 3.8) is 0 Å². The van der Waals surface area contributed by atoms with Gasteiger partial charge in [-0.1, -0.05) is 6.92 Å². The summed E-state index contributed by atoms with van der Waals surface area (Å²) in [5.74, 6) is -3.92. The van der Waals surface area contributed by atoms with Gasteiger partial charge in [0.05, 0.1) is 6.61 Å². The third kappa shape index (κ3) is 2.37. The van der Waals surface area contributed by atoms with Gasteiger partial charge in [-0.3, -0.25) is 0 Å². The predicted octanol–water partition coefficient (Wildman–Crippen LogP) is 2.89. The average molecular weight is 190 g/mol. The van der Waals surface area contributed by atoms with Crippen LogP contribution in [0.5, 0.6) is 5.75 Å². The zero-order valence-electron chi connectivity index (χ0n) is 7.11. The van der Waals surface area contributed by atoms with Crippen molar-refractivity contribution in [2.75, 3.05) is 6.61 Å². The normalized spacial score (nSPS) is 10.2. The summed E-state index contributed by atoms with van der Waals surface area (Å²) in [4.78, 5) is 0. The summed E-state index contributed by atoms with van der Waals surface area (Å²) in [6.45, 7) is 2.21. The Labute approximate surface area is 74.1 Å². The standard InChI is InChI=1S/C9H9F3O/c1-2-3-13-6-4-7(10)9(12)8(11)5-6/h4-5H,2-3H2,1H3. The summed E-state index contributed by atoms with van der Waals surface area (Å²) in [7, 11) is 0. The molecule has 0 aromatic heterocycles. The maximum atomic E-state index is 12.6. The third-order valence-electron chi connectivity index (χ3n) is 1.43. The van der Waals surface area contributed by atoms with E-state index in [2.05, 4.69) is 0 Å². The van der Waals surface area contributed by atoms with Crippen molar-refractivity contribution >= 4 is 0 Å². The summed E-state index contributed by atoms with van der Waals surface area (Å²) in [6, 6.07) is 1.65. The topological polar surface area (TPSA) is 9.23 Å². The van der Waals surface area contributed by atoms with Crippen molar-refractivity contribution < 1.29 is 17.9 Å². The van der Waals surface area contributed by atoms with Gasteiger partial charge in [-0.15, -0.1) is 0 Å². The third-order valence-corrected chi connectivity index (χ3v) is 1.43. The molecule has 4 heteroatoms. The van der Waals surface area contributed by atoms with E-state index in [1.54, 1.807) is 0 Å². The number of benzene rings is 1. The van der Waals surface area contributed by atoms with Crippen LogP contribution in [0.15, 0.2) is 12.1 Å². The van der Waals surface area contributed by atoms with Gasteiger partial charge in [-0.25, -0.2) is 13.2 Å². The maximum Gasteiger partial charge on any atom is 0.194 e. The minimum absolute atomic E-state index is 0.0123. The molecule has 1 aromatic carbocycles. The Balaban J connectivity index is 2.86. The molecule has 0 atom stereocenters. The molecule has 72 valence electrons. The Morgan fingerprint density at radius 3 is 2.15 bits per heavy atom. The van der Waals surface area contributed by atoms with Crippen LogP contribution in [0.1, 0.15) is 13.3 Å². The highest BCUT2D eigenvalue weighted by atomic mass is 19.2. The lowest BCUT2D eigenvalue weighted by atomic mass is 10.3. The zero-order chi connectivity index (χ0) is 9.84. The van der Waals surface area contributed by atoms with Crippen LogP contribution >= 0.6 is 0 Å². The SMILES string of the molecule is CCCOc1cc(F)c(F)c(F)c1. The number of rotatable bonds is 3. The first-order chi connectivity index (χ1) is 6.15. The zero-order valence-corrected chi connectivity index (χ0v) is 7.11. The Morgan fingerprint density at radius 2 is 1.69 bits per heavy atom. The molecule has 0 aliphatic rings. The first kappa shape index (κ1) is 9.89. The second kappa shape index (κ2) is 4.16. The van der Waals surface area contributed by atoms with Gasteiger partial charge < -0.3 is 4.74 Å². The lowest BCUT2D eigenvalue weighted by Gasteiger charge is -2.04. The summed E-state index contributed by atoms with van der Waals surface area (Å²) in [6.07, 6.45) is 0.723. The van der Waals surface area contributed by atoms with Gasteiger partial charge >= 0.3 is 0 Å². The Kier molecular flexibility index (Phi) is 3.17. The van der Waals surface area contributed by atoms with Crippen molar-refractivity contribution in [2.45, 2.75) is 13.3 Å². The second-order valence-corrected chi connectivity index (χ2v) is 2.55. The molecule has 1 rings (SSSR count). The molecular weight excluding hydrogens is 181 g/mol. The van der Waals surface area contributed by atoms with Gasteiger partial charge in [-0.05, 0) is 6.42 Å². The molecular formula is C9H9F3O. The van der Waals surface area contributed by atoms with Gasteiger partial charge in [0.15, 0.2) is 17.5 Å². The van der Waals surface area contributed by atoms with E-state index < -0.39 is 17.5 Å². The highest BCUT2D eigenvalue weighted by Crippen LogP contribution is 2.19. The molecule has 0 fully saturated rings. The molecule has 1 nitrogen and oxygen atoms in total. The molecule has 0 amide bonds. The van der Waals surface area contributed by atoms with E-state index in [9.17, 15) is 13.2 Å². The van der Waals surface area contributed by atoms with E-state index >= 15 is 0 Å². The predicted molar refractivity (Wildman–Crippen MR) is 42.1 cm³/mol. The molecule has 13 heavy (non-hydrogen) atoms. The fraction of sp³-hybridized carbons (Fsp3) is 0.333. The van der Waals surface area contributed by atoms with Crippen LogP contribution in [0.2, 0.25) is 0 Å². The van der Waals surface area contributed by atoms with Gasteiger partial charge in [-0.2, -0.15) is 0 Å². The first-order valence-electron chi connectivity index (χ1n) is 3.92. The van der Waals surface area contributed by atoms with Crippen molar-refractivity contribution in [1.29, 1.82) is 0 Å². The highest BCUT2D eigenvalue weighted by Gasteiger charge is 2.10. The number of hydrogen-bond acceptors (Lipinski definition) is 1. The summed E-state index contributed by atoms with van der Waals surface area (Å²) in [5, 5.41) is 0. The Morgan fingerprint density at radius 1 is 1.15 bits per heavy atom. The monoisotopic (exact) mass is 190 g/mol. The smallest absolute Gasteiger partial charge is 0.194 e. The molecule has 0 N–H and O–H groups in total. The second-order valence-electron chi connectivity index (χ2n) is 2.55. The average Bonchev–Trinajstić information content (AvgIpc) is 2.10. The van der Waals surface area contributed by atoms with Gasteiger partial charge in [0, 0.05) is 12.1 Å². The molecule has 0 heterocycles.